The van der Waals surface area contributed by atoms with Crippen molar-refractivity contribution in [3.8, 4) is 17.3 Å². The Hall–Kier alpha value is -3.02. The molecule has 0 aliphatic carbocycles. The van der Waals surface area contributed by atoms with Crippen molar-refractivity contribution in [3.05, 3.63) is 58.9 Å². The minimum absolute atomic E-state index is 0.00172. The zero-order valence-electron chi connectivity index (χ0n) is 17.8. The molecule has 0 amide bonds. The third-order valence-electron chi connectivity index (χ3n) is 5.01. The molecular formula is C22H20ClF3N6OS. The monoisotopic (exact) mass is 508 g/mol. The van der Waals surface area contributed by atoms with E-state index in [1.54, 1.807) is 24.3 Å². The van der Waals surface area contributed by atoms with E-state index in [-0.39, 0.29) is 35.3 Å². The van der Waals surface area contributed by atoms with Gasteiger partial charge in [0.1, 0.15) is 11.6 Å². The summed E-state index contributed by atoms with van der Waals surface area (Å²) in [4.78, 5) is 8.87. The number of nitrogens with zero attached hydrogens (tertiary/aromatic N) is 2. The summed E-state index contributed by atoms with van der Waals surface area (Å²) in [5.74, 6) is -3.54. The maximum absolute atomic E-state index is 14.1. The molecule has 1 aromatic heterocycles. The van der Waals surface area contributed by atoms with Gasteiger partial charge in [0.15, 0.2) is 11.9 Å². The zero-order chi connectivity index (χ0) is 24.5. The lowest BCUT2D eigenvalue weighted by Gasteiger charge is -2.21. The predicted molar refractivity (Wildman–Crippen MR) is 128 cm³/mol. The molecule has 0 spiro atoms. The lowest BCUT2D eigenvalue weighted by atomic mass is 10.1. The molecular weight excluding hydrogens is 489 g/mol. The van der Waals surface area contributed by atoms with Crippen molar-refractivity contribution in [2.45, 2.75) is 23.8 Å². The highest BCUT2D eigenvalue weighted by Crippen LogP contribution is 2.32. The van der Waals surface area contributed by atoms with Crippen molar-refractivity contribution in [1.82, 2.24) is 15.3 Å². The van der Waals surface area contributed by atoms with Crippen LogP contribution >= 0.6 is 23.5 Å². The first-order valence-corrected chi connectivity index (χ1v) is 11.3. The Kier molecular flexibility index (Phi) is 6.87. The van der Waals surface area contributed by atoms with Crippen molar-refractivity contribution in [3.63, 3.8) is 0 Å². The fraction of sp³-hybridized carbons (Fsp3) is 0.227. The summed E-state index contributed by atoms with van der Waals surface area (Å²) in [5, 5.41) is 11.0. The molecule has 34 heavy (non-hydrogen) atoms. The Labute approximate surface area is 202 Å². The number of rotatable bonds is 7. The molecule has 2 aromatic carbocycles. The third kappa shape index (κ3) is 5.21. The van der Waals surface area contributed by atoms with E-state index in [0.29, 0.717) is 21.2 Å². The number of halogens is 4. The second-order valence-electron chi connectivity index (χ2n) is 7.59. The molecule has 12 heteroatoms. The number of ether oxygens (including phenoxy) is 1. The molecule has 1 saturated heterocycles. The van der Waals surface area contributed by atoms with Crippen molar-refractivity contribution >= 4 is 40.8 Å². The topological polar surface area (TPSA) is 109 Å². The first-order chi connectivity index (χ1) is 16.1. The molecule has 7 nitrogen and oxygen atoms in total. The largest absolute Gasteiger partial charge is 0.466 e. The normalized spacial score (nSPS) is 16.9. The molecule has 178 valence electrons. The van der Waals surface area contributed by atoms with Crippen LogP contribution < -0.4 is 20.5 Å². The molecule has 0 radical (unpaired) electrons. The Morgan fingerprint density at radius 1 is 1.26 bits per heavy atom. The smallest absolute Gasteiger partial charge is 0.297 e. The van der Waals surface area contributed by atoms with Gasteiger partial charge in [-0.25, -0.2) is 18.2 Å². The quantitative estimate of drug-likeness (QED) is 0.262. The number of nitrogens with two attached hydrogens (primary N) is 1. The van der Waals surface area contributed by atoms with Crippen LogP contribution in [0.2, 0.25) is 5.02 Å². The first-order valence-electron chi connectivity index (χ1n) is 10.1. The van der Waals surface area contributed by atoms with E-state index in [0.717, 1.165) is 11.9 Å². The van der Waals surface area contributed by atoms with Crippen molar-refractivity contribution in [1.29, 1.82) is 5.41 Å². The third-order valence-corrected chi connectivity index (χ3v) is 6.12. The van der Waals surface area contributed by atoms with Gasteiger partial charge in [-0.05, 0) is 61.3 Å². The van der Waals surface area contributed by atoms with Gasteiger partial charge in [-0.15, -0.1) is 0 Å². The number of alkyl halides is 2. The van der Waals surface area contributed by atoms with E-state index < -0.39 is 24.4 Å². The summed E-state index contributed by atoms with van der Waals surface area (Å²) in [5.41, 5.74) is 7.32. The maximum Gasteiger partial charge on any atom is 0.297 e. The summed E-state index contributed by atoms with van der Waals surface area (Å²) in [6, 6.07) is 11.1. The summed E-state index contributed by atoms with van der Waals surface area (Å²) >= 11 is 6.97. The van der Waals surface area contributed by atoms with Crippen molar-refractivity contribution in [2.24, 2.45) is 0 Å². The summed E-state index contributed by atoms with van der Waals surface area (Å²) in [6.45, 7) is 0.886. The molecule has 1 aliphatic heterocycles. The highest BCUT2D eigenvalue weighted by atomic mass is 35.5. The van der Waals surface area contributed by atoms with E-state index in [9.17, 15) is 13.2 Å². The van der Waals surface area contributed by atoms with Crippen LogP contribution in [0.15, 0.2) is 47.4 Å². The van der Waals surface area contributed by atoms with Gasteiger partial charge in [-0.1, -0.05) is 11.6 Å². The second-order valence-corrected chi connectivity index (χ2v) is 8.88. The van der Waals surface area contributed by atoms with Gasteiger partial charge in [-0.3, -0.25) is 0 Å². The van der Waals surface area contributed by atoms with Gasteiger partial charge in [0.2, 0.25) is 5.88 Å². The van der Waals surface area contributed by atoms with E-state index in [1.165, 1.54) is 25.1 Å². The Balaban J connectivity index is 1.57. The van der Waals surface area contributed by atoms with Gasteiger partial charge >= 0.3 is 0 Å². The average Bonchev–Trinajstić information content (AvgIpc) is 3.11. The number of anilines is 2. The van der Waals surface area contributed by atoms with Gasteiger partial charge in [0, 0.05) is 28.5 Å². The molecule has 4 rings (SSSR count). The number of nitrogens with one attached hydrogen (secondary N) is 3. The van der Waals surface area contributed by atoms with E-state index in [2.05, 4.69) is 20.0 Å². The van der Waals surface area contributed by atoms with Crippen LogP contribution in [0.3, 0.4) is 0 Å². The second kappa shape index (κ2) is 9.69. The van der Waals surface area contributed by atoms with Crippen LogP contribution in [0.1, 0.15) is 12.5 Å². The van der Waals surface area contributed by atoms with Crippen LogP contribution in [0.4, 0.5) is 24.7 Å². The molecule has 1 atom stereocenters. The molecule has 3 aromatic rings. The minimum Gasteiger partial charge on any atom is -0.466 e. The van der Waals surface area contributed by atoms with Gasteiger partial charge < -0.3 is 25.9 Å². The number of nitrogen functional groups attached to an aromatic ring is 1. The summed E-state index contributed by atoms with van der Waals surface area (Å²) in [6.07, 6.45) is -1.44. The molecule has 1 fully saturated rings. The first kappa shape index (κ1) is 24.1. The van der Waals surface area contributed by atoms with Crippen LogP contribution in [0.25, 0.3) is 11.4 Å². The molecule has 1 unspecified atom stereocenters. The Morgan fingerprint density at radius 2 is 2.00 bits per heavy atom. The van der Waals surface area contributed by atoms with Crippen molar-refractivity contribution in [2.75, 3.05) is 23.5 Å². The highest BCUT2D eigenvalue weighted by Gasteiger charge is 2.46. The lowest BCUT2D eigenvalue weighted by Crippen LogP contribution is -2.37. The number of hydrogen-bond acceptors (Lipinski definition) is 8. The van der Waals surface area contributed by atoms with Crippen LogP contribution in [-0.4, -0.2) is 40.8 Å². The van der Waals surface area contributed by atoms with E-state index in [4.69, 9.17) is 27.5 Å². The van der Waals surface area contributed by atoms with Gasteiger partial charge in [-0.2, -0.15) is 4.98 Å². The molecule has 2 heterocycles. The maximum atomic E-state index is 14.1. The minimum atomic E-state index is -3.08. The number of benzene rings is 2. The average molecular weight is 509 g/mol. The van der Waals surface area contributed by atoms with Crippen LogP contribution in [-0.2, 0) is 0 Å². The van der Waals surface area contributed by atoms with Gasteiger partial charge in [0.05, 0.1) is 17.0 Å². The highest BCUT2D eigenvalue weighted by molar-refractivity contribution is 8.00. The molecule has 1 aliphatic rings. The van der Waals surface area contributed by atoms with Crippen molar-refractivity contribution < 1.29 is 17.9 Å². The lowest BCUT2D eigenvalue weighted by molar-refractivity contribution is -0.0613. The standard InChI is InChI=1S/C22H20ClF3N6OS/c1-11(27)18-19(28)30-20(31-21(18)33-17-9-29-10-22(17,25)26)12-2-5-14(6-3-12)32-34-16-8-13(23)4-7-15(16)24/h2-8,17,27,29,32H,9-10H2,1H3,(H2,28,30,31). The number of hydrogen-bond donors (Lipinski definition) is 4. The molecule has 5 N–H and O–H groups in total. The Bertz CT molecular complexity index is 1230. The van der Waals surface area contributed by atoms with E-state index in [1.807, 2.05) is 0 Å². The fourth-order valence-corrected chi connectivity index (χ4v) is 4.23. The summed E-state index contributed by atoms with van der Waals surface area (Å²) < 4.78 is 50.6. The zero-order valence-corrected chi connectivity index (χ0v) is 19.4. The van der Waals surface area contributed by atoms with E-state index >= 15 is 0 Å². The van der Waals surface area contributed by atoms with Crippen LogP contribution in [0.5, 0.6) is 5.88 Å². The SMILES string of the molecule is CC(=N)c1c(N)nc(-c2ccc(NSc3cc(Cl)ccc3F)cc2)nc1OC1CNCC1(F)F. The number of aromatic nitrogens is 2. The Morgan fingerprint density at radius 3 is 2.65 bits per heavy atom. The van der Waals surface area contributed by atoms with Gasteiger partial charge in [0.25, 0.3) is 5.92 Å². The molecule has 0 bridgehead atoms. The summed E-state index contributed by atoms with van der Waals surface area (Å²) in [7, 11) is 0. The van der Waals surface area contributed by atoms with Crippen LogP contribution in [0, 0.1) is 11.2 Å². The predicted octanol–water partition coefficient (Wildman–Crippen LogP) is 5.01. The fourth-order valence-electron chi connectivity index (χ4n) is 3.28. The molecule has 0 saturated carbocycles.